The highest BCUT2D eigenvalue weighted by atomic mass is 19.4. The monoisotopic (exact) mass is 264 g/mol. The van der Waals surface area contributed by atoms with Gasteiger partial charge in [-0.3, -0.25) is 0 Å². The molecule has 7 heteroatoms. The van der Waals surface area contributed by atoms with Crippen LogP contribution in [-0.2, 0) is 0 Å². The van der Waals surface area contributed by atoms with Crippen LogP contribution in [0.2, 0.25) is 0 Å². The molecule has 0 saturated heterocycles. The maximum atomic E-state index is 12.3. The van der Waals surface area contributed by atoms with Gasteiger partial charge >= 0.3 is 6.18 Å². The normalized spacial score (nSPS) is 13.4. The Balaban J connectivity index is 2.85. The number of hydrogen-bond donors (Lipinski definition) is 2. The molecule has 1 atom stereocenters. The summed E-state index contributed by atoms with van der Waals surface area (Å²) in [6, 6.07) is 2.90. The van der Waals surface area contributed by atoms with Crippen LogP contribution in [0.4, 0.5) is 19.0 Å². The zero-order valence-electron chi connectivity index (χ0n) is 9.85. The third kappa shape index (κ3) is 4.50. The van der Waals surface area contributed by atoms with Crippen molar-refractivity contribution in [2.24, 2.45) is 0 Å². The molecule has 1 aromatic heterocycles. The molecule has 0 aliphatic heterocycles. The number of alkyl halides is 3. The highest BCUT2D eigenvalue weighted by molar-refractivity contribution is 5.39. The van der Waals surface area contributed by atoms with Gasteiger partial charge in [0.2, 0.25) is 0 Å². The Morgan fingerprint density at radius 1 is 1.39 bits per heavy atom. The minimum atomic E-state index is -4.36. The van der Waals surface area contributed by atoms with Crippen molar-refractivity contribution in [1.29, 1.82) is 0 Å². The van der Waals surface area contributed by atoms with Gasteiger partial charge in [0.15, 0.2) is 0 Å². The summed E-state index contributed by atoms with van der Waals surface area (Å²) in [5.41, 5.74) is 0.523. The molecule has 18 heavy (non-hydrogen) atoms. The van der Waals surface area contributed by atoms with Gasteiger partial charge in [0.1, 0.15) is 12.4 Å². The van der Waals surface area contributed by atoms with Crippen molar-refractivity contribution >= 4 is 5.82 Å². The van der Waals surface area contributed by atoms with Gasteiger partial charge in [-0.25, -0.2) is 4.98 Å². The molecule has 0 unspecified atom stereocenters. The second-order valence-corrected chi connectivity index (χ2v) is 3.89. The number of nitrogens with zero attached hydrogens (tertiary/aromatic N) is 2. The van der Waals surface area contributed by atoms with Crippen molar-refractivity contribution in [2.75, 3.05) is 24.6 Å². The van der Waals surface area contributed by atoms with Gasteiger partial charge in [-0.2, -0.15) is 13.2 Å². The van der Waals surface area contributed by atoms with Crippen molar-refractivity contribution < 1.29 is 23.4 Å². The van der Waals surface area contributed by atoms with Gasteiger partial charge in [0.25, 0.3) is 0 Å². The molecule has 0 aromatic carbocycles. The van der Waals surface area contributed by atoms with E-state index in [1.807, 2.05) is 0 Å². The number of halogens is 3. The lowest BCUT2D eigenvalue weighted by Gasteiger charge is -2.24. The topological polar surface area (TPSA) is 56.6 Å². The largest absolute Gasteiger partial charge is 0.405 e. The second kappa shape index (κ2) is 6.01. The Bertz CT molecular complexity index is 366. The summed E-state index contributed by atoms with van der Waals surface area (Å²) in [6.45, 7) is -0.178. The molecule has 0 fully saturated rings. The summed E-state index contributed by atoms with van der Waals surface area (Å²) < 4.78 is 37.0. The van der Waals surface area contributed by atoms with E-state index in [4.69, 9.17) is 5.11 Å². The number of aliphatic hydroxyl groups excluding tert-OH is 2. The third-order valence-corrected chi connectivity index (χ3v) is 2.32. The Morgan fingerprint density at radius 3 is 2.44 bits per heavy atom. The molecule has 1 rings (SSSR count). The molecule has 1 heterocycles. The number of rotatable bonds is 5. The van der Waals surface area contributed by atoms with Crippen LogP contribution in [0.3, 0.4) is 0 Å². The van der Waals surface area contributed by atoms with Crippen LogP contribution in [0.15, 0.2) is 18.3 Å². The second-order valence-electron chi connectivity index (χ2n) is 3.89. The van der Waals surface area contributed by atoms with E-state index >= 15 is 0 Å². The van der Waals surface area contributed by atoms with Crippen LogP contribution in [0.1, 0.15) is 18.6 Å². The summed E-state index contributed by atoms with van der Waals surface area (Å²) in [7, 11) is 0. The first kappa shape index (κ1) is 14.7. The maximum absolute atomic E-state index is 12.3. The fourth-order valence-corrected chi connectivity index (χ4v) is 1.44. The Morgan fingerprint density at radius 2 is 2.06 bits per heavy atom. The smallest absolute Gasteiger partial charge is 0.395 e. The molecule has 0 aliphatic carbocycles. The van der Waals surface area contributed by atoms with Gasteiger partial charge in [-0.05, 0) is 18.6 Å². The molecule has 0 aliphatic rings. The number of aromatic nitrogens is 1. The molecule has 0 saturated carbocycles. The zero-order chi connectivity index (χ0) is 13.8. The molecule has 2 N–H and O–H groups in total. The van der Waals surface area contributed by atoms with E-state index in [1.165, 1.54) is 25.3 Å². The van der Waals surface area contributed by atoms with Crippen molar-refractivity contribution in [2.45, 2.75) is 19.2 Å². The first-order valence-corrected chi connectivity index (χ1v) is 5.40. The van der Waals surface area contributed by atoms with Crippen LogP contribution in [0, 0.1) is 0 Å². The average molecular weight is 264 g/mol. The van der Waals surface area contributed by atoms with Crippen molar-refractivity contribution in [3.8, 4) is 0 Å². The predicted molar refractivity (Wildman–Crippen MR) is 60.2 cm³/mol. The molecule has 0 bridgehead atoms. The third-order valence-electron chi connectivity index (χ3n) is 2.32. The standard InChI is InChI=1S/C11H15F3N2O2/c1-8(18)9-2-3-10(15-6-9)16(4-5-17)7-11(12,13)14/h2-3,6,8,17-18H,4-5,7H2,1H3/t8-/m1/s1. The predicted octanol–water partition coefficient (Wildman–Crippen LogP) is 1.50. The minimum Gasteiger partial charge on any atom is -0.395 e. The summed E-state index contributed by atoms with van der Waals surface area (Å²) in [4.78, 5) is 4.79. The van der Waals surface area contributed by atoms with E-state index in [2.05, 4.69) is 4.98 Å². The summed E-state index contributed by atoms with van der Waals surface area (Å²) >= 11 is 0. The number of anilines is 1. The van der Waals surface area contributed by atoms with Gasteiger partial charge in [-0.1, -0.05) is 6.07 Å². The van der Waals surface area contributed by atoms with Crippen LogP contribution in [0.5, 0.6) is 0 Å². The average Bonchev–Trinajstić information content (AvgIpc) is 2.27. The minimum absolute atomic E-state index is 0.116. The Labute approximate surface area is 103 Å². The quantitative estimate of drug-likeness (QED) is 0.846. The van der Waals surface area contributed by atoms with E-state index in [9.17, 15) is 18.3 Å². The van der Waals surface area contributed by atoms with Gasteiger partial charge in [0, 0.05) is 12.7 Å². The molecule has 4 nitrogen and oxygen atoms in total. The van der Waals surface area contributed by atoms with E-state index in [-0.39, 0.29) is 12.4 Å². The van der Waals surface area contributed by atoms with E-state index in [0.717, 1.165) is 4.90 Å². The number of pyridine rings is 1. The molecular weight excluding hydrogens is 249 g/mol. The number of hydrogen-bond acceptors (Lipinski definition) is 4. The van der Waals surface area contributed by atoms with E-state index < -0.39 is 25.4 Å². The highest BCUT2D eigenvalue weighted by Crippen LogP contribution is 2.21. The summed E-state index contributed by atoms with van der Waals surface area (Å²) in [6.07, 6.45) is -3.76. The molecule has 0 spiro atoms. The first-order chi connectivity index (χ1) is 8.33. The fourth-order valence-electron chi connectivity index (χ4n) is 1.44. The molecule has 0 radical (unpaired) electrons. The van der Waals surface area contributed by atoms with E-state index in [1.54, 1.807) is 0 Å². The van der Waals surface area contributed by atoms with E-state index in [0.29, 0.717) is 5.56 Å². The lowest BCUT2D eigenvalue weighted by Crippen LogP contribution is -2.36. The molecule has 102 valence electrons. The molecular formula is C11H15F3N2O2. The summed E-state index contributed by atoms with van der Waals surface area (Å²) in [5, 5.41) is 18.0. The highest BCUT2D eigenvalue weighted by Gasteiger charge is 2.31. The zero-order valence-corrected chi connectivity index (χ0v) is 9.85. The van der Waals surface area contributed by atoms with Crippen molar-refractivity contribution in [1.82, 2.24) is 4.98 Å². The van der Waals surface area contributed by atoms with Crippen molar-refractivity contribution in [3.05, 3.63) is 23.9 Å². The SMILES string of the molecule is C[C@@H](O)c1ccc(N(CCO)CC(F)(F)F)nc1. The molecule has 1 aromatic rings. The van der Waals surface area contributed by atoms with Crippen LogP contribution >= 0.6 is 0 Å². The van der Waals surface area contributed by atoms with Gasteiger partial charge in [0.05, 0.1) is 12.7 Å². The Hall–Kier alpha value is -1.34. The maximum Gasteiger partial charge on any atom is 0.405 e. The van der Waals surface area contributed by atoms with Crippen LogP contribution < -0.4 is 4.90 Å². The first-order valence-electron chi connectivity index (χ1n) is 5.40. The van der Waals surface area contributed by atoms with Crippen LogP contribution in [-0.4, -0.2) is 41.1 Å². The van der Waals surface area contributed by atoms with Gasteiger partial charge < -0.3 is 15.1 Å². The summed E-state index contributed by atoms with van der Waals surface area (Å²) in [5.74, 6) is 0.116. The fraction of sp³-hybridized carbons (Fsp3) is 0.545. The van der Waals surface area contributed by atoms with Crippen molar-refractivity contribution in [3.63, 3.8) is 0 Å². The Kier molecular flexibility index (Phi) is 4.92. The van der Waals surface area contributed by atoms with Gasteiger partial charge in [-0.15, -0.1) is 0 Å². The number of aliphatic hydroxyl groups is 2. The lowest BCUT2D eigenvalue weighted by molar-refractivity contribution is -0.120. The molecule has 0 amide bonds. The van der Waals surface area contributed by atoms with Crippen LogP contribution in [0.25, 0.3) is 0 Å². The lowest BCUT2D eigenvalue weighted by atomic mass is 10.2.